The van der Waals surface area contributed by atoms with Gasteiger partial charge in [-0.05, 0) is 56.8 Å². The Morgan fingerprint density at radius 3 is 2.54 bits per heavy atom. The van der Waals surface area contributed by atoms with Crippen molar-refractivity contribution in [1.29, 1.82) is 0 Å². The highest BCUT2D eigenvalue weighted by atomic mass is 32.2. The summed E-state index contributed by atoms with van der Waals surface area (Å²) >= 11 is 1.59. The highest BCUT2D eigenvalue weighted by molar-refractivity contribution is 7.99. The number of hydrogen-bond donors (Lipinski definition) is 1. The quantitative estimate of drug-likeness (QED) is 0.794. The van der Waals surface area contributed by atoms with Gasteiger partial charge in [-0.1, -0.05) is 24.8 Å². The normalized spacial score (nSPS) is 11.0. The molecule has 0 aliphatic rings. The molecule has 0 spiro atoms. The number of nitrogens with one attached hydrogen (secondary N) is 1. The zero-order valence-electron chi connectivity index (χ0n) is 14.5. The van der Waals surface area contributed by atoms with Crippen LogP contribution in [0.25, 0.3) is 0 Å². The highest BCUT2D eigenvalue weighted by Crippen LogP contribution is 2.25. The van der Waals surface area contributed by atoms with Crippen LogP contribution in [0.5, 0.6) is 0 Å². The van der Waals surface area contributed by atoms with Crippen molar-refractivity contribution < 1.29 is 4.79 Å². The molecule has 0 unspecified atom stereocenters. The van der Waals surface area contributed by atoms with E-state index in [-0.39, 0.29) is 5.91 Å². The fourth-order valence-corrected chi connectivity index (χ4v) is 3.17. The maximum atomic E-state index is 12.2. The summed E-state index contributed by atoms with van der Waals surface area (Å²) in [7, 11) is 0. The van der Waals surface area contributed by atoms with Crippen LogP contribution in [0.1, 0.15) is 31.1 Å². The number of rotatable bonds is 8. The zero-order valence-corrected chi connectivity index (χ0v) is 15.3. The van der Waals surface area contributed by atoms with Crippen molar-refractivity contribution in [2.24, 2.45) is 0 Å². The summed E-state index contributed by atoms with van der Waals surface area (Å²) in [5, 5.41) is 3.94. The van der Waals surface area contributed by atoms with E-state index in [1.165, 1.54) is 0 Å². The van der Waals surface area contributed by atoms with Crippen LogP contribution < -0.4 is 5.32 Å². The maximum absolute atomic E-state index is 12.2. The predicted octanol–water partition coefficient (Wildman–Crippen LogP) is 3.69. The number of aromatic nitrogens is 1. The van der Waals surface area contributed by atoms with Gasteiger partial charge in [-0.25, -0.2) is 4.98 Å². The molecule has 2 rings (SSSR count). The number of pyridine rings is 1. The molecule has 5 heteroatoms. The van der Waals surface area contributed by atoms with Gasteiger partial charge in [0.2, 0.25) is 0 Å². The molecule has 1 aromatic heterocycles. The third kappa shape index (κ3) is 5.65. The number of carbonyl (C=O) groups excluding carboxylic acids is 1. The van der Waals surface area contributed by atoms with Crippen LogP contribution in [0.2, 0.25) is 0 Å². The van der Waals surface area contributed by atoms with E-state index < -0.39 is 0 Å². The maximum Gasteiger partial charge on any atom is 0.251 e. The Morgan fingerprint density at radius 2 is 1.96 bits per heavy atom. The van der Waals surface area contributed by atoms with Gasteiger partial charge in [-0.3, -0.25) is 9.69 Å². The molecular formula is C19H25N3OS. The summed E-state index contributed by atoms with van der Waals surface area (Å²) in [4.78, 5) is 19.9. The van der Waals surface area contributed by atoms with E-state index in [0.717, 1.165) is 23.0 Å². The lowest BCUT2D eigenvalue weighted by Crippen LogP contribution is -2.38. The van der Waals surface area contributed by atoms with E-state index in [2.05, 4.69) is 36.0 Å². The summed E-state index contributed by atoms with van der Waals surface area (Å²) in [6.45, 7) is 9.00. The Hall–Kier alpha value is -1.85. The van der Waals surface area contributed by atoms with Crippen molar-refractivity contribution >= 4 is 17.7 Å². The Balaban J connectivity index is 1.85. The van der Waals surface area contributed by atoms with Gasteiger partial charge in [-0.2, -0.15) is 0 Å². The molecule has 1 N–H and O–H groups in total. The lowest BCUT2D eigenvalue weighted by Gasteiger charge is -2.24. The van der Waals surface area contributed by atoms with Gasteiger partial charge >= 0.3 is 0 Å². The fourth-order valence-electron chi connectivity index (χ4n) is 2.40. The lowest BCUT2D eigenvalue weighted by molar-refractivity contribution is 0.0946. The second-order valence-corrected chi connectivity index (χ2v) is 6.87. The first-order valence-corrected chi connectivity index (χ1v) is 9.13. The predicted molar refractivity (Wildman–Crippen MR) is 99.5 cm³/mol. The molecule has 24 heavy (non-hydrogen) atoms. The molecule has 0 aliphatic carbocycles. The minimum Gasteiger partial charge on any atom is -0.351 e. The first-order valence-electron chi connectivity index (χ1n) is 8.31. The average Bonchev–Trinajstić information content (AvgIpc) is 2.60. The van der Waals surface area contributed by atoms with Crippen molar-refractivity contribution in [2.75, 3.05) is 19.6 Å². The van der Waals surface area contributed by atoms with Gasteiger partial charge in [0.05, 0.1) is 0 Å². The molecular weight excluding hydrogens is 318 g/mol. The van der Waals surface area contributed by atoms with Crippen LogP contribution in [-0.4, -0.2) is 41.5 Å². The zero-order chi connectivity index (χ0) is 17.4. The number of hydrogen-bond acceptors (Lipinski definition) is 4. The Kier molecular flexibility index (Phi) is 7.28. The van der Waals surface area contributed by atoms with Gasteiger partial charge in [0.1, 0.15) is 5.03 Å². The van der Waals surface area contributed by atoms with Crippen LogP contribution >= 0.6 is 11.8 Å². The SMILES string of the molecule is CCN(CCNC(=O)c1ccc(Sc2ccccn2)cc1)C(C)C. The molecule has 0 saturated heterocycles. The van der Waals surface area contributed by atoms with Crippen LogP contribution in [-0.2, 0) is 0 Å². The monoisotopic (exact) mass is 343 g/mol. The molecule has 2 aromatic rings. The number of likely N-dealkylation sites (N-methyl/N-ethyl adjacent to an activating group) is 1. The fraction of sp³-hybridized carbons (Fsp3) is 0.368. The number of nitrogens with zero attached hydrogens (tertiary/aromatic N) is 2. The van der Waals surface area contributed by atoms with Crippen molar-refractivity contribution in [3.8, 4) is 0 Å². The van der Waals surface area contributed by atoms with Gasteiger partial charge in [-0.15, -0.1) is 0 Å². The summed E-state index contributed by atoms with van der Waals surface area (Å²) < 4.78 is 0. The minimum absolute atomic E-state index is 0.0239. The van der Waals surface area contributed by atoms with Crippen LogP contribution in [0.15, 0.2) is 58.6 Å². The average molecular weight is 343 g/mol. The van der Waals surface area contributed by atoms with E-state index in [0.29, 0.717) is 18.2 Å². The Bertz CT molecular complexity index is 629. The summed E-state index contributed by atoms with van der Waals surface area (Å²) in [5.41, 5.74) is 0.688. The van der Waals surface area contributed by atoms with Gasteiger partial charge in [0.25, 0.3) is 5.91 Å². The van der Waals surface area contributed by atoms with Gasteiger partial charge in [0, 0.05) is 35.8 Å². The van der Waals surface area contributed by atoms with E-state index in [1.807, 2.05) is 42.5 Å². The molecule has 0 atom stereocenters. The van der Waals surface area contributed by atoms with Crippen molar-refractivity contribution in [2.45, 2.75) is 36.7 Å². The minimum atomic E-state index is -0.0239. The van der Waals surface area contributed by atoms with Crippen LogP contribution in [0.3, 0.4) is 0 Å². The second kappa shape index (κ2) is 9.45. The first kappa shape index (κ1) is 18.5. The van der Waals surface area contributed by atoms with Gasteiger partial charge in [0.15, 0.2) is 0 Å². The molecule has 1 aromatic carbocycles. The van der Waals surface area contributed by atoms with Gasteiger partial charge < -0.3 is 5.32 Å². The lowest BCUT2D eigenvalue weighted by atomic mass is 10.2. The molecule has 0 aliphatic heterocycles. The first-order chi connectivity index (χ1) is 11.6. The Labute approximate surface area is 148 Å². The summed E-state index contributed by atoms with van der Waals surface area (Å²) in [6, 6.07) is 14.0. The molecule has 0 radical (unpaired) electrons. The second-order valence-electron chi connectivity index (χ2n) is 5.77. The van der Waals surface area contributed by atoms with Crippen molar-refractivity contribution in [3.63, 3.8) is 0 Å². The standard InChI is InChI=1S/C19H25N3OS/c1-4-22(15(2)3)14-13-21-19(23)16-8-10-17(11-9-16)24-18-7-5-6-12-20-18/h5-12,15H,4,13-14H2,1-3H3,(H,21,23). The molecule has 0 fully saturated rings. The summed E-state index contributed by atoms with van der Waals surface area (Å²) in [6.07, 6.45) is 1.78. The summed E-state index contributed by atoms with van der Waals surface area (Å²) in [5.74, 6) is -0.0239. The van der Waals surface area contributed by atoms with E-state index in [4.69, 9.17) is 0 Å². The van der Waals surface area contributed by atoms with Crippen LogP contribution in [0, 0.1) is 0 Å². The van der Waals surface area contributed by atoms with E-state index in [9.17, 15) is 4.79 Å². The van der Waals surface area contributed by atoms with Crippen LogP contribution in [0.4, 0.5) is 0 Å². The Morgan fingerprint density at radius 1 is 1.21 bits per heavy atom. The van der Waals surface area contributed by atoms with Crippen molar-refractivity contribution in [1.82, 2.24) is 15.2 Å². The molecule has 1 heterocycles. The molecule has 1 amide bonds. The molecule has 4 nitrogen and oxygen atoms in total. The number of benzene rings is 1. The van der Waals surface area contributed by atoms with E-state index in [1.54, 1.807) is 18.0 Å². The molecule has 0 bridgehead atoms. The number of amides is 1. The molecule has 128 valence electrons. The third-order valence-electron chi connectivity index (χ3n) is 3.80. The highest BCUT2D eigenvalue weighted by Gasteiger charge is 2.09. The number of carbonyl (C=O) groups is 1. The van der Waals surface area contributed by atoms with Crippen molar-refractivity contribution in [3.05, 3.63) is 54.2 Å². The van der Waals surface area contributed by atoms with E-state index >= 15 is 0 Å². The third-order valence-corrected chi connectivity index (χ3v) is 4.76. The smallest absolute Gasteiger partial charge is 0.251 e. The molecule has 0 saturated carbocycles. The largest absolute Gasteiger partial charge is 0.351 e. The topological polar surface area (TPSA) is 45.2 Å².